The quantitative estimate of drug-likeness (QED) is 0.873. The fourth-order valence-electron chi connectivity index (χ4n) is 2.82. The first-order valence-electron chi connectivity index (χ1n) is 7.47. The molecule has 1 aromatic carbocycles. The van der Waals surface area contributed by atoms with Crippen LogP contribution in [0.3, 0.4) is 0 Å². The maximum atomic E-state index is 11.4. The Morgan fingerprint density at radius 3 is 2.45 bits per heavy atom. The molecule has 1 atom stereocenters. The summed E-state index contributed by atoms with van der Waals surface area (Å²) in [7, 11) is 4.62. The van der Waals surface area contributed by atoms with E-state index in [9.17, 15) is 4.79 Å². The van der Waals surface area contributed by atoms with Crippen LogP contribution in [0.5, 0.6) is 11.5 Å². The van der Waals surface area contributed by atoms with Gasteiger partial charge in [0.2, 0.25) is 0 Å². The monoisotopic (exact) mass is 308 g/mol. The largest absolute Gasteiger partial charge is 0.493 e. The van der Waals surface area contributed by atoms with Crippen LogP contribution in [0.25, 0.3) is 0 Å². The molecular formula is C16H24N2O4. The van der Waals surface area contributed by atoms with Crippen molar-refractivity contribution >= 4 is 6.09 Å². The molecule has 0 bridgehead atoms. The van der Waals surface area contributed by atoms with Crippen molar-refractivity contribution < 1.29 is 19.0 Å². The van der Waals surface area contributed by atoms with E-state index in [2.05, 4.69) is 15.0 Å². The van der Waals surface area contributed by atoms with Gasteiger partial charge in [-0.05, 0) is 43.6 Å². The Hall–Kier alpha value is -1.95. The number of methoxy groups -OCH3 is 3. The molecule has 1 fully saturated rings. The Morgan fingerprint density at radius 2 is 1.86 bits per heavy atom. The average molecular weight is 308 g/mol. The lowest BCUT2D eigenvalue weighted by atomic mass is 10.0. The first-order chi connectivity index (χ1) is 10.7. The molecule has 1 N–H and O–H groups in total. The summed E-state index contributed by atoms with van der Waals surface area (Å²) in [6.45, 7) is 2.56. The third-order valence-electron chi connectivity index (χ3n) is 4.00. The zero-order chi connectivity index (χ0) is 15.9. The maximum Gasteiger partial charge on any atom is 0.406 e. The number of hydrogen-bond donors (Lipinski definition) is 1. The van der Waals surface area contributed by atoms with Gasteiger partial charge in [-0.15, -0.1) is 0 Å². The third-order valence-corrected chi connectivity index (χ3v) is 4.00. The number of nitrogens with zero attached hydrogens (tertiary/aromatic N) is 1. The Bertz CT molecular complexity index is 501. The second-order valence-corrected chi connectivity index (χ2v) is 5.25. The van der Waals surface area contributed by atoms with Crippen molar-refractivity contribution in [3.63, 3.8) is 0 Å². The molecule has 1 unspecified atom stereocenters. The lowest BCUT2D eigenvalue weighted by molar-refractivity contribution is 0.163. The van der Waals surface area contributed by atoms with Gasteiger partial charge in [-0.3, -0.25) is 4.90 Å². The van der Waals surface area contributed by atoms with E-state index in [1.54, 1.807) is 14.2 Å². The van der Waals surface area contributed by atoms with Crippen molar-refractivity contribution in [1.29, 1.82) is 0 Å². The SMILES string of the molecule is COC(=O)NCC(c1ccc(OC)c(OC)c1)N1CCCC1. The molecule has 1 aliphatic rings. The molecule has 1 aromatic rings. The van der Waals surface area contributed by atoms with E-state index in [-0.39, 0.29) is 6.04 Å². The first kappa shape index (κ1) is 16.4. The molecule has 2 rings (SSSR count). The van der Waals surface area contributed by atoms with Crippen LogP contribution < -0.4 is 14.8 Å². The van der Waals surface area contributed by atoms with E-state index in [4.69, 9.17) is 9.47 Å². The molecule has 22 heavy (non-hydrogen) atoms. The van der Waals surface area contributed by atoms with Crippen LogP contribution in [0.15, 0.2) is 18.2 Å². The molecule has 1 saturated heterocycles. The van der Waals surface area contributed by atoms with Crippen molar-refractivity contribution in [2.75, 3.05) is 41.0 Å². The van der Waals surface area contributed by atoms with Gasteiger partial charge in [0.1, 0.15) is 0 Å². The zero-order valence-electron chi connectivity index (χ0n) is 13.4. The van der Waals surface area contributed by atoms with Crippen LogP contribution in [-0.4, -0.2) is 52.0 Å². The summed E-state index contributed by atoms with van der Waals surface area (Å²) in [6, 6.07) is 5.99. The molecule has 1 amide bonds. The van der Waals surface area contributed by atoms with Crippen LogP contribution in [0.2, 0.25) is 0 Å². The van der Waals surface area contributed by atoms with Crippen molar-refractivity contribution in [2.24, 2.45) is 0 Å². The zero-order valence-corrected chi connectivity index (χ0v) is 13.4. The maximum absolute atomic E-state index is 11.4. The number of carbonyl (C=O) groups is 1. The van der Waals surface area contributed by atoms with Crippen LogP contribution in [0.4, 0.5) is 4.79 Å². The van der Waals surface area contributed by atoms with E-state index >= 15 is 0 Å². The lowest BCUT2D eigenvalue weighted by Gasteiger charge is -2.28. The smallest absolute Gasteiger partial charge is 0.406 e. The molecule has 0 spiro atoms. The highest BCUT2D eigenvalue weighted by Gasteiger charge is 2.25. The van der Waals surface area contributed by atoms with E-state index in [1.165, 1.54) is 20.0 Å². The minimum atomic E-state index is -0.412. The number of likely N-dealkylation sites (tertiary alicyclic amines) is 1. The number of nitrogens with one attached hydrogen (secondary N) is 1. The van der Waals surface area contributed by atoms with Gasteiger partial charge in [0.25, 0.3) is 0 Å². The highest BCUT2D eigenvalue weighted by atomic mass is 16.5. The summed E-state index contributed by atoms with van der Waals surface area (Å²) in [6.07, 6.45) is 1.95. The number of ether oxygens (including phenoxy) is 3. The van der Waals surface area contributed by atoms with E-state index in [1.807, 2.05) is 18.2 Å². The third kappa shape index (κ3) is 3.82. The minimum Gasteiger partial charge on any atom is -0.493 e. The second-order valence-electron chi connectivity index (χ2n) is 5.25. The molecule has 0 aromatic heterocycles. The average Bonchev–Trinajstić information content (AvgIpc) is 3.08. The summed E-state index contributed by atoms with van der Waals surface area (Å²) in [5, 5.41) is 2.80. The molecular weight excluding hydrogens is 284 g/mol. The van der Waals surface area contributed by atoms with Gasteiger partial charge in [0.15, 0.2) is 11.5 Å². The summed E-state index contributed by atoms with van der Waals surface area (Å²) in [5.74, 6) is 1.40. The number of alkyl carbamates (subject to hydrolysis) is 1. The first-order valence-corrected chi connectivity index (χ1v) is 7.47. The number of benzene rings is 1. The summed E-state index contributed by atoms with van der Waals surface area (Å²) >= 11 is 0. The van der Waals surface area contributed by atoms with Crippen LogP contribution in [0, 0.1) is 0 Å². The van der Waals surface area contributed by atoms with Crippen molar-refractivity contribution in [3.8, 4) is 11.5 Å². The van der Waals surface area contributed by atoms with Gasteiger partial charge in [-0.25, -0.2) is 4.79 Å². The van der Waals surface area contributed by atoms with E-state index in [0.29, 0.717) is 18.0 Å². The molecule has 6 heteroatoms. The van der Waals surface area contributed by atoms with Crippen molar-refractivity contribution in [1.82, 2.24) is 10.2 Å². The Labute approximate surface area is 131 Å². The highest BCUT2D eigenvalue weighted by molar-refractivity contribution is 5.66. The van der Waals surface area contributed by atoms with Gasteiger partial charge >= 0.3 is 6.09 Å². The topological polar surface area (TPSA) is 60.0 Å². The molecule has 122 valence electrons. The number of hydrogen-bond acceptors (Lipinski definition) is 5. The summed E-state index contributed by atoms with van der Waals surface area (Å²) < 4.78 is 15.3. The van der Waals surface area contributed by atoms with Gasteiger partial charge in [0, 0.05) is 6.54 Å². The molecule has 0 radical (unpaired) electrons. The Kier molecular flexibility index (Phi) is 5.89. The molecule has 0 aliphatic carbocycles. The normalized spacial score (nSPS) is 16.1. The van der Waals surface area contributed by atoms with Crippen LogP contribution in [0.1, 0.15) is 24.4 Å². The Morgan fingerprint density at radius 1 is 1.18 bits per heavy atom. The van der Waals surface area contributed by atoms with Crippen LogP contribution >= 0.6 is 0 Å². The molecule has 6 nitrogen and oxygen atoms in total. The Balaban J connectivity index is 2.21. The van der Waals surface area contributed by atoms with E-state index in [0.717, 1.165) is 18.7 Å². The minimum absolute atomic E-state index is 0.0985. The van der Waals surface area contributed by atoms with Crippen molar-refractivity contribution in [2.45, 2.75) is 18.9 Å². The predicted octanol–water partition coefficient (Wildman–Crippen LogP) is 2.20. The summed E-state index contributed by atoms with van der Waals surface area (Å²) in [5.41, 5.74) is 1.09. The van der Waals surface area contributed by atoms with Crippen molar-refractivity contribution in [3.05, 3.63) is 23.8 Å². The van der Waals surface area contributed by atoms with Gasteiger partial charge in [0.05, 0.1) is 27.4 Å². The van der Waals surface area contributed by atoms with Gasteiger partial charge in [-0.2, -0.15) is 0 Å². The lowest BCUT2D eigenvalue weighted by Crippen LogP contribution is -2.36. The molecule has 0 saturated carbocycles. The fraction of sp³-hybridized carbons (Fsp3) is 0.562. The highest BCUT2D eigenvalue weighted by Crippen LogP contribution is 2.32. The second kappa shape index (κ2) is 7.89. The van der Waals surface area contributed by atoms with Gasteiger partial charge < -0.3 is 19.5 Å². The van der Waals surface area contributed by atoms with E-state index < -0.39 is 6.09 Å². The molecule has 1 aliphatic heterocycles. The predicted molar refractivity (Wildman–Crippen MR) is 83.5 cm³/mol. The number of amides is 1. The number of rotatable bonds is 6. The number of carbonyl (C=O) groups excluding carboxylic acids is 1. The van der Waals surface area contributed by atoms with Crippen LogP contribution in [-0.2, 0) is 4.74 Å². The van der Waals surface area contributed by atoms with Gasteiger partial charge in [-0.1, -0.05) is 6.07 Å². The summed E-state index contributed by atoms with van der Waals surface area (Å²) in [4.78, 5) is 13.8. The molecule has 1 heterocycles. The fourth-order valence-corrected chi connectivity index (χ4v) is 2.82. The standard InChI is InChI=1S/C16H24N2O4/c1-20-14-7-6-12(10-15(14)21-2)13(11-17-16(19)22-3)18-8-4-5-9-18/h6-7,10,13H,4-5,8-9,11H2,1-3H3,(H,17,19).